The van der Waals surface area contributed by atoms with Crippen molar-refractivity contribution in [3.8, 4) is 0 Å². The average Bonchev–Trinajstić information content (AvgIpc) is 2.54. The number of nitrogens with zero attached hydrogens (tertiary/aromatic N) is 2. The van der Waals surface area contributed by atoms with Crippen LogP contribution in [0.5, 0.6) is 0 Å². The Morgan fingerprint density at radius 3 is 2.85 bits per heavy atom. The molecule has 74 valence electrons. The second-order valence-electron chi connectivity index (χ2n) is 3.42. The Bertz CT molecular complexity index is 241. The first kappa shape index (κ1) is 10.8. The van der Waals surface area contributed by atoms with E-state index in [1.165, 1.54) is 18.7 Å². The zero-order valence-electron chi connectivity index (χ0n) is 8.33. The van der Waals surface area contributed by atoms with Gasteiger partial charge in [-0.25, -0.2) is 4.98 Å². The molecule has 0 fully saturated rings. The fourth-order valence-electron chi connectivity index (χ4n) is 1.36. The van der Waals surface area contributed by atoms with Gasteiger partial charge in [0.15, 0.2) is 0 Å². The minimum absolute atomic E-state index is 0.789. The Kier molecular flexibility index (Phi) is 4.50. The highest BCUT2D eigenvalue weighted by Crippen LogP contribution is 2.14. The van der Waals surface area contributed by atoms with E-state index in [1.54, 1.807) is 0 Å². The number of alkyl halides is 1. The van der Waals surface area contributed by atoms with Crippen LogP contribution < -0.4 is 0 Å². The van der Waals surface area contributed by atoms with Crippen LogP contribution in [0, 0.1) is 5.92 Å². The standard InChI is InChI=1S/C10H17BrN2/c1-3-9(8-11)4-5-10-12-6-7-13(10)2/h6-7,9H,3-5,8H2,1-2H3. The zero-order valence-corrected chi connectivity index (χ0v) is 9.92. The lowest BCUT2D eigenvalue weighted by Crippen LogP contribution is -2.05. The number of aromatic nitrogens is 2. The molecule has 1 aromatic rings. The van der Waals surface area contributed by atoms with Crippen molar-refractivity contribution in [3.05, 3.63) is 18.2 Å². The van der Waals surface area contributed by atoms with Gasteiger partial charge in [-0.1, -0.05) is 29.3 Å². The Balaban J connectivity index is 2.38. The number of hydrogen-bond donors (Lipinski definition) is 0. The lowest BCUT2D eigenvalue weighted by molar-refractivity contribution is 0.515. The van der Waals surface area contributed by atoms with Gasteiger partial charge in [0.2, 0.25) is 0 Å². The molecule has 0 bridgehead atoms. The van der Waals surface area contributed by atoms with Gasteiger partial charge in [0.1, 0.15) is 5.82 Å². The first-order chi connectivity index (χ1) is 6.27. The van der Waals surface area contributed by atoms with E-state index < -0.39 is 0 Å². The van der Waals surface area contributed by atoms with Crippen LogP contribution in [0.1, 0.15) is 25.6 Å². The summed E-state index contributed by atoms with van der Waals surface area (Å²) >= 11 is 3.53. The van der Waals surface area contributed by atoms with Gasteiger partial charge in [0, 0.05) is 31.2 Å². The third-order valence-corrected chi connectivity index (χ3v) is 3.41. The van der Waals surface area contributed by atoms with E-state index in [0.717, 1.165) is 17.7 Å². The normalized spacial score (nSPS) is 13.2. The first-order valence-corrected chi connectivity index (χ1v) is 5.92. The molecule has 0 aliphatic carbocycles. The van der Waals surface area contributed by atoms with E-state index in [0.29, 0.717) is 0 Å². The summed E-state index contributed by atoms with van der Waals surface area (Å²) in [5.74, 6) is 1.98. The van der Waals surface area contributed by atoms with Crippen molar-refractivity contribution >= 4 is 15.9 Å². The van der Waals surface area contributed by atoms with E-state index in [9.17, 15) is 0 Å². The Morgan fingerprint density at radius 2 is 2.38 bits per heavy atom. The van der Waals surface area contributed by atoms with Crippen molar-refractivity contribution in [2.45, 2.75) is 26.2 Å². The molecule has 0 aromatic carbocycles. The molecule has 0 radical (unpaired) electrons. The fourth-order valence-corrected chi connectivity index (χ4v) is 2.14. The monoisotopic (exact) mass is 244 g/mol. The van der Waals surface area contributed by atoms with Crippen molar-refractivity contribution in [3.63, 3.8) is 0 Å². The van der Waals surface area contributed by atoms with Crippen LogP contribution in [0.4, 0.5) is 0 Å². The van der Waals surface area contributed by atoms with E-state index in [-0.39, 0.29) is 0 Å². The second kappa shape index (κ2) is 5.43. The third-order valence-electron chi connectivity index (χ3n) is 2.49. The summed E-state index contributed by atoms with van der Waals surface area (Å²) in [6.45, 7) is 2.24. The maximum absolute atomic E-state index is 4.30. The molecular weight excluding hydrogens is 228 g/mol. The molecule has 0 saturated carbocycles. The summed E-state index contributed by atoms with van der Waals surface area (Å²) in [6.07, 6.45) is 7.44. The molecule has 0 N–H and O–H groups in total. The minimum atomic E-state index is 0.789. The molecule has 2 nitrogen and oxygen atoms in total. The lowest BCUT2D eigenvalue weighted by atomic mass is 10.0. The molecule has 1 aromatic heterocycles. The largest absolute Gasteiger partial charge is 0.338 e. The van der Waals surface area contributed by atoms with Gasteiger partial charge < -0.3 is 4.57 Å². The predicted octanol–water partition coefficient (Wildman–Crippen LogP) is 2.77. The Hall–Kier alpha value is -0.310. The average molecular weight is 245 g/mol. The quantitative estimate of drug-likeness (QED) is 0.729. The van der Waals surface area contributed by atoms with E-state index >= 15 is 0 Å². The molecular formula is C10H17BrN2. The molecule has 1 rings (SSSR count). The fraction of sp³-hybridized carbons (Fsp3) is 0.700. The van der Waals surface area contributed by atoms with E-state index in [2.05, 4.69) is 39.5 Å². The van der Waals surface area contributed by atoms with Gasteiger partial charge in [-0.2, -0.15) is 0 Å². The van der Waals surface area contributed by atoms with Crippen LogP contribution in [0.15, 0.2) is 12.4 Å². The Labute approximate surface area is 88.5 Å². The molecule has 0 aliphatic heterocycles. The topological polar surface area (TPSA) is 17.8 Å². The number of rotatable bonds is 5. The second-order valence-corrected chi connectivity index (χ2v) is 4.07. The van der Waals surface area contributed by atoms with Gasteiger partial charge in [-0.3, -0.25) is 0 Å². The van der Waals surface area contributed by atoms with Gasteiger partial charge in [0.05, 0.1) is 0 Å². The van der Waals surface area contributed by atoms with Crippen molar-refractivity contribution < 1.29 is 0 Å². The molecule has 0 amide bonds. The van der Waals surface area contributed by atoms with Crippen LogP contribution in [0.25, 0.3) is 0 Å². The Morgan fingerprint density at radius 1 is 1.62 bits per heavy atom. The SMILES string of the molecule is CCC(CBr)CCc1nccn1C. The third kappa shape index (κ3) is 3.14. The van der Waals surface area contributed by atoms with Gasteiger partial charge in [-0.05, 0) is 12.3 Å². The lowest BCUT2D eigenvalue weighted by Gasteiger charge is -2.10. The molecule has 1 unspecified atom stereocenters. The molecule has 0 aliphatic rings. The number of aryl methyl sites for hydroxylation is 2. The molecule has 1 atom stereocenters. The van der Waals surface area contributed by atoms with Crippen molar-refractivity contribution in [1.82, 2.24) is 9.55 Å². The molecule has 1 heterocycles. The molecule has 13 heavy (non-hydrogen) atoms. The van der Waals surface area contributed by atoms with Gasteiger partial charge >= 0.3 is 0 Å². The van der Waals surface area contributed by atoms with Gasteiger partial charge in [0.25, 0.3) is 0 Å². The zero-order chi connectivity index (χ0) is 9.68. The van der Waals surface area contributed by atoms with Crippen LogP contribution >= 0.6 is 15.9 Å². The minimum Gasteiger partial charge on any atom is -0.338 e. The maximum atomic E-state index is 4.30. The van der Waals surface area contributed by atoms with Crippen LogP contribution in [-0.2, 0) is 13.5 Å². The predicted molar refractivity (Wildman–Crippen MR) is 59.1 cm³/mol. The van der Waals surface area contributed by atoms with Crippen LogP contribution in [0.3, 0.4) is 0 Å². The summed E-state index contributed by atoms with van der Waals surface area (Å²) in [5.41, 5.74) is 0. The van der Waals surface area contributed by atoms with E-state index in [1.807, 2.05) is 12.4 Å². The maximum Gasteiger partial charge on any atom is 0.108 e. The molecule has 0 saturated heterocycles. The summed E-state index contributed by atoms with van der Waals surface area (Å²) in [5, 5.41) is 1.11. The smallest absolute Gasteiger partial charge is 0.108 e. The molecule has 0 spiro atoms. The summed E-state index contributed by atoms with van der Waals surface area (Å²) in [7, 11) is 2.05. The van der Waals surface area contributed by atoms with Crippen molar-refractivity contribution in [2.75, 3.05) is 5.33 Å². The number of halogens is 1. The van der Waals surface area contributed by atoms with Crippen LogP contribution in [0.2, 0.25) is 0 Å². The number of imidazole rings is 1. The number of hydrogen-bond acceptors (Lipinski definition) is 1. The first-order valence-electron chi connectivity index (χ1n) is 4.80. The van der Waals surface area contributed by atoms with Crippen molar-refractivity contribution in [1.29, 1.82) is 0 Å². The highest BCUT2D eigenvalue weighted by Gasteiger charge is 2.06. The summed E-state index contributed by atoms with van der Waals surface area (Å²) in [4.78, 5) is 4.30. The van der Waals surface area contributed by atoms with Gasteiger partial charge in [-0.15, -0.1) is 0 Å². The molecule has 3 heteroatoms. The summed E-state index contributed by atoms with van der Waals surface area (Å²) < 4.78 is 2.10. The van der Waals surface area contributed by atoms with Crippen LogP contribution in [-0.4, -0.2) is 14.9 Å². The van der Waals surface area contributed by atoms with E-state index in [4.69, 9.17) is 0 Å². The highest BCUT2D eigenvalue weighted by molar-refractivity contribution is 9.09. The summed E-state index contributed by atoms with van der Waals surface area (Å²) in [6, 6.07) is 0. The van der Waals surface area contributed by atoms with Crippen molar-refractivity contribution in [2.24, 2.45) is 13.0 Å². The highest BCUT2D eigenvalue weighted by atomic mass is 79.9.